The number of hydrogen-bond donors (Lipinski definition) is 2. The normalized spacial score (nSPS) is 14.2. The van der Waals surface area contributed by atoms with Crippen molar-refractivity contribution in [3.8, 4) is 11.1 Å². The van der Waals surface area contributed by atoms with Gasteiger partial charge in [-0.3, -0.25) is 4.79 Å². The molecule has 0 aliphatic carbocycles. The first-order valence-electron chi connectivity index (χ1n) is 11.9. The van der Waals surface area contributed by atoms with Crippen molar-refractivity contribution in [2.75, 3.05) is 50.5 Å². The van der Waals surface area contributed by atoms with Gasteiger partial charge in [0, 0.05) is 67.3 Å². The lowest BCUT2D eigenvalue weighted by atomic mass is 10.0. The van der Waals surface area contributed by atoms with Gasteiger partial charge in [-0.1, -0.05) is 30.3 Å². The summed E-state index contributed by atoms with van der Waals surface area (Å²) in [5, 5.41) is 7.00. The molecule has 0 spiro atoms. The number of aromatic nitrogens is 2. The molecule has 5 rings (SSSR count). The summed E-state index contributed by atoms with van der Waals surface area (Å²) in [7, 11) is 3.81. The molecule has 3 aromatic carbocycles. The van der Waals surface area contributed by atoms with Crippen molar-refractivity contribution in [3.05, 3.63) is 78.0 Å². The summed E-state index contributed by atoms with van der Waals surface area (Å²) in [6.07, 6.45) is 1.85. The minimum absolute atomic E-state index is 0.0998. The molecule has 0 atom stereocenters. The fourth-order valence-electron chi connectivity index (χ4n) is 4.56. The van der Waals surface area contributed by atoms with Crippen molar-refractivity contribution in [2.24, 2.45) is 0 Å². The highest BCUT2D eigenvalue weighted by atomic mass is 16.1. The summed E-state index contributed by atoms with van der Waals surface area (Å²) >= 11 is 0. The first-order chi connectivity index (χ1) is 17.0. The van der Waals surface area contributed by atoms with Gasteiger partial charge in [-0.25, -0.2) is 9.97 Å². The Hall–Kier alpha value is -3.97. The molecule has 0 unspecified atom stereocenters. The number of nitrogens with zero attached hydrogens (tertiary/aromatic N) is 4. The van der Waals surface area contributed by atoms with Crippen LogP contribution < -0.4 is 15.5 Å². The van der Waals surface area contributed by atoms with E-state index in [1.165, 1.54) is 11.3 Å². The molecular formula is C28H30N6O. The van der Waals surface area contributed by atoms with Crippen LogP contribution in [0.2, 0.25) is 0 Å². The second-order valence-electron chi connectivity index (χ2n) is 9.01. The number of carbonyl (C=O) groups excluding carboxylic acids is 1. The van der Waals surface area contributed by atoms with Crippen molar-refractivity contribution in [3.63, 3.8) is 0 Å². The van der Waals surface area contributed by atoms with Crippen molar-refractivity contribution in [2.45, 2.75) is 6.92 Å². The molecule has 0 bridgehead atoms. The molecule has 178 valence electrons. The topological polar surface area (TPSA) is 73.4 Å². The van der Waals surface area contributed by atoms with Gasteiger partial charge in [-0.05, 0) is 55.4 Å². The first kappa shape index (κ1) is 22.8. The average Bonchev–Trinajstić information content (AvgIpc) is 2.89. The van der Waals surface area contributed by atoms with E-state index in [4.69, 9.17) is 4.98 Å². The zero-order valence-electron chi connectivity index (χ0n) is 20.4. The zero-order chi connectivity index (χ0) is 24.4. The number of anilines is 3. The maximum atomic E-state index is 11.9. The van der Waals surface area contributed by atoms with Crippen LogP contribution in [0, 0.1) is 6.92 Å². The molecule has 1 fully saturated rings. The number of likely N-dealkylation sites (N-methyl/N-ethyl adjacent to an activating group) is 1. The summed E-state index contributed by atoms with van der Waals surface area (Å²) in [5.41, 5.74) is 6.97. The number of carbonyl (C=O) groups is 1. The van der Waals surface area contributed by atoms with E-state index in [1.807, 2.05) is 48.7 Å². The highest BCUT2D eigenvalue weighted by Gasteiger charge is 2.16. The van der Waals surface area contributed by atoms with E-state index in [-0.39, 0.29) is 5.91 Å². The van der Waals surface area contributed by atoms with Crippen LogP contribution in [0.5, 0.6) is 0 Å². The third kappa shape index (κ3) is 4.81. The van der Waals surface area contributed by atoms with E-state index in [2.05, 4.69) is 57.6 Å². The van der Waals surface area contributed by atoms with E-state index < -0.39 is 0 Å². The number of piperazine rings is 1. The maximum absolute atomic E-state index is 11.9. The van der Waals surface area contributed by atoms with Gasteiger partial charge in [0.05, 0.1) is 5.52 Å². The van der Waals surface area contributed by atoms with Gasteiger partial charge >= 0.3 is 0 Å². The molecule has 35 heavy (non-hydrogen) atoms. The number of aryl methyl sites for hydroxylation is 1. The van der Waals surface area contributed by atoms with Crippen LogP contribution >= 0.6 is 0 Å². The lowest BCUT2D eigenvalue weighted by Gasteiger charge is -2.35. The Morgan fingerprint density at radius 1 is 0.971 bits per heavy atom. The molecule has 7 nitrogen and oxygen atoms in total. The number of hydrogen-bond acceptors (Lipinski definition) is 6. The van der Waals surface area contributed by atoms with Crippen molar-refractivity contribution in [1.82, 2.24) is 20.2 Å². The summed E-state index contributed by atoms with van der Waals surface area (Å²) in [6, 6.07) is 20.1. The van der Waals surface area contributed by atoms with E-state index in [0.717, 1.165) is 53.9 Å². The van der Waals surface area contributed by atoms with Gasteiger partial charge in [-0.2, -0.15) is 0 Å². The Morgan fingerprint density at radius 2 is 1.74 bits per heavy atom. The molecule has 0 saturated carbocycles. The van der Waals surface area contributed by atoms with Crippen molar-refractivity contribution in [1.29, 1.82) is 0 Å². The van der Waals surface area contributed by atoms with Gasteiger partial charge in [0.25, 0.3) is 5.91 Å². The van der Waals surface area contributed by atoms with Crippen LogP contribution in [0.25, 0.3) is 22.0 Å². The lowest BCUT2D eigenvalue weighted by Crippen LogP contribution is -2.44. The lowest BCUT2D eigenvalue weighted by molar-refractivity contribution is 0.0963. The summed E-state index contributed by atoms with van der Waals surface area (Å²) in [4.78, 5) is 26.1. The molecule has 0 radical (unpaired) electrons. The molecule has 4 aromatic rings. The van der Waals surface area contributed by atoms with Gasteiger partial charge in [-0.15, -0.1) is 0 Å². The molecule has 1 saturated heterocycles. The number of benzene rings is 3. The van der Waals surface area contributed by atoms with Crippen LogP contribution in [0.4, 0.5) is 17.3 Å². The largest absolute Gasteiger partial charge is 0.369 e. The Balaban J connectivity index is 1.41. The Labute approximate surface area is 205 Å². The molecule has 7 heteroatoms. The van der Waals surface area contributed by atoms with E-state index >= 15 is 0 Å². The second-order valence-corrected chi connectivity index (χ2v) is 9.01. The van der Waals surface area contributed by atoms with Gasteiger partial charge in [0.15, 0.2) is 0 Å². The quantitative estimate of drug-likeness (QED) is 0.452. The molecule has 2 heterocycles. The van der Waals surface area contributed by atoms with Gasteiger partial charge < -0.3 is 20.4 Å². The highest BCUT2D eigenvalue weighted by molar-refractivity contribution is 5.97. The highest BCUT2D eigenvalue weighted by Crippen LogP contribution is 2.30. The molecular weight excluding hydrogens is 436 g/mol. The van der Waals surface area contributed by atoms with Crippen LogP contribution in [-0.2, 0) is 0 Å². The number of nitrogens with one attached hydrogen (secondary N) is 2. The molecule has 1 aliphatic heterocycles. The predicted molar refractivity (Wildman–Crippen MR) is 143 cm³/mol. The average molecular weight is 467 g/mol. The van der Waals surface area contributed by atoms with Crippen LogP contribution in [-0.4, -0.2) is 61.0 Å². The molecule has 2 N–H and O–H groups in total. The fraction of sp³-hybridized carbons (Fsp3) is 0.250. The Kier molecular flexibility index (Phi) is 6.33. The predicted octanol–water partition coefficient (Wildman–Crippen LogP) is 4.46. The molecule has 1 amide bonds. The van der Waals surface area contributed by atoms with E-state index in [9.17, 15) is 4.79 Å². The Bertz CT molecular complexity index is 1360. The number of para-hydroxylation sites is 1. The van der Waals surface area contributed by atoms with Gasteiger partial charge in [0.2, 0.25) is 5.95 Å². The fourth-order valence-corrected chi connectivity index (χ4v) is 4.56. The SMILES string of the molecule is CNC(=O)c1ccc(-c2cccc3cnc(Nc4ccc(N5CCN(C)CC5)c(C)c4)nc23)cc1. The van der Waals surface area contributed by atoms with Gasteiger partial charge in [0.1, 0.15) is 0 Å². The smallest absolute Gasteiger partial charge is 0.251 e. The second kappa shape index (κ2) is 9.72. The number of amides is 1. The standard InChI is InChI=1S/C28H30N6O/c1-19-17-23(11-12-25(19)34-15-13-33(3)14-16-34)31-28-30-18-22-5-4-6-24(26(22)32-28)20-7-9-21(10-8-20)27(35)29-2/h4-12,17-18H,13-16H2,1-3H3,(H,29,35)(H,30,31,32). The van der Waals surface area contributed by atoms with E-state index in [1.54, 1.807) is 7.05 Å². The minimum Gasteiger partial charge on any atom is -0.369 e. The summed E-state index contributed by atoms with van der Waals surface area (Å²) in [6.45, 7) is 6.42. The third-order valence-corrected chi connectivity index (χ3v) is 6.59. The van der Waals surface area contributed by atoms with Crippen LogP contribution in [0.15, 0.2) is 66.9 Å². The van der Waals surface area contributed by atoms with E-state index in [0.29, 0.717) is 11.5 Å². The van der Waals surface area contributed by atoms with Crippen molar-refractivity contribution < 1.29 is 4.79 Å². The zero-order valence-corrected chi connectivity index (χ0v) is 20.4. The van der Waals surface area contributed by atoms with Crippen molar-refractivity contribution >= 4 is 34.1 Å². The monoisotopic (exact) mass is 466 g/mol. The van der Waals surface area contributed by atoms with Crippen LogP contribution in [0.1, 0.15) is 15.9 Å². The summed E-state index contributed by atoms with van der Waals surface area (Å²) < 4.78 is 0. The Morgan fingerprint density at radius 3 is 2.46 bits per heavy atom. The molecule has 1 aromatic heterocycles. The first-order valence-corrected chi connectivity index (χ1v) is 11.9. The number of fused-ring (bicyclic) bond motifs is 1. The third-order valence-electron chi connectivity index (χ3n) is 6.59. The molecule has 1 aliphatic rings. The maximum Gasteiger partial charge on any atom is 0.251 e. The summed E-state index contributed by atoms with van der Waals surface area (Å²) in [5.74, 6) is 0.455. The number of rotatable bonds is 5. The van der Waals surface area contributed by atoms with Crippen LogP contribution in [0.3, 0.4) is 0 Å². The minimum atomic E-state index is -0.0998.